The predicted octanol–water partition coefficient (Wildman–Crippen LogP) is 0.202. The van der Waals surface area contributed by atoms with Crippen LogP contribution >= 0.6 is 0 Å². The number of nitrogens with zero attached hydrogens (tertiary/aromatic N) is 1. The Morgan fingerprint density at radius 2 is 2.18 bits per heavy atom. The Hall–Kier alpha value is -0.570. The Morgan fingerprint density at radius 3 is 2.64 bits per heavy atom. The van der Waals surface area contributed by atoms with Crippen molar-refractivity contribution in [3.05, 3.63) is 0 Å². The van der Waals surface area contributed by atoms with E-state index in [2.05, 4.69) is 6.92 Å². The van der Waals surface area contributed by atoms with E-state index in [4.69, 9.17) is 5.73 Å². The molecule has 0 saturated carbocycles. The zero-order valence-corrected chi connectivity index (χ0v) is 7.21. The highest BCUT2D eigenvalue weighted by atomic mass is 16.2. The number of hydrogen-bond acceptors (Lipinski definition) is 2. The molecule has 0 unspecified atom stereocenters. The summed E-state index contributed by atoms with van der Waals surface area (Å²) in [6.45, 7) is 5.35. The molecule has 0 bridgehead atoms. The maximum atomic E-state index is 11.0. The third-order valence-corrected chi connectivity index (χ3v) is 2.14. The third kappa shape index (κ3) is 2.19. The van der Waals surface area contributed by atoms with Crippen LogP contribution in [0.4, 0.5) is 0 Å². The SMILES string of the molecule is CC(=O)N1C[C@@H](C)C[C@H](N)C1. The highest BCUT2D eigenvalue weighted by molar-refractivity contribution is 5.73. The summed E-state index contributed by atoms with van der Waals surface area (Å²) in [5, 5.41) is 0. The fourth-order valence-electron chi connectivity index (χ4n) is 1.66. The van der Waals surface area contributed by atoms with Crippen LogP contribution in [0.2, 0.25) is 0 Å². The molecule has 1 amide bonds. The molecule has 1 fully saturated rings. The van der Waals surface area contributed by atoms with Crippen LogP contribution < -0.4 is 5.73 Å². The van der Waals surface area contributed by atoms with Crippen LogP contribution in [0, 0.1) is 5.92 Å². The largest absolute Gasteiger partial charge is 0.341 e. The summed E-state index contributed by atoms with van der Waals surface area (Å²) in [7, 11) is 0. The van der Waals surface area contributed by atoms with Gasteiger partial charge in [-0.3, -0.25) is 4.79 Å². The molecule has 2 atom stereocenters. The first-order valence-electron chi connectivity index (χ1n) is 4.10. The summed E-state index contributed by atoms with van der Waals surface area (Å²) in [5.74, 6) is 0.703. The molecule has 0 radical (unpaired) electrons. The highest BCUT2D eigenvalue weighted by Gasteiger charge is 2.23. The minimum Gasteiger partial charge on any atom is -0.341 e. The first kappa shape index (κ1) is 8.53. The van der Waals surface area contributed by atoms with Gasteiger partial charge in [0.2, 0.25) is 5.91 Å². The van der Waals surface area contributed by atoms with Gasteiger partial charge in [-0.2, -0.15) is 0 Å². The van der Waals surface area contributed by atoms with Crippen LogP contribution in [0.15, 0.2) is 0 Å². The highest BCUT2D eigenvalue weighted by Crippen LogP contribution is 2.14. The number of piperidine rings is 1. The van der Waals surface area contributed by atoms with E-state index in [1.165, 1.54) is 0 Å². The Morgan fingerprint density at radius 1 is 1.55 bits per heavy atom. The standard InChI is InChI=1S/C8H16N2O/c1-6-3-8(9)5-10(4-6)7(2)11/h6,8H,3-5,9H2,1-2H3/t6-,8-/m0/s1. The van der Waals surface area contributed by atoms with Crippen molar-refractivity contribution < 1.29 is 4.79 Å². The van der Waals surface area contributed by atoms with E-state index in [0.29, 0.717) is 5.92 Å². The average Bonchev–Trinajstić information content (AvgIpc) is 1.85. The maximum absolute atomic E-state index is 11.0. The quantitative estimate of drug-likeness (QED) is 0.544. The molecule has 1 saturated heterocycles. The van der Waals surface area contributed by atoms with Gasteiger partial charge in [0.1, 0.15) is 0 Å². The average molecular weight is 156 g/mol. The Balaban J connectivity index is 2.49. The van der Waals surface area contributed by atoms with E-state index >= 15 is 0 Å². The van der Waals surface area contributed by atoms with Gasteiger partial charge in [0.15, 0.2) is 0 Å². The van der Waals surface area contributed by atoms with Crippen molar-refractivity contribution in [2.45, 2.75) is 26.3 Å². The lowest BCUT2D eigenvalue weighted by Gasteiger charge is -2.34. The Bertz CT molecular complexity index is 148. The van der Waals surface area contributed by atoms with E-state index in [9.17, 15) is 4.79 Å². The second kappa shape index (κ2) is 3.22. The fraction of sp³-hybridized carbons (Fsp3) is 0.875. The fourth-order valence-corrected chi connectivity index (χ4v) is 1.66. The smallest absolute Gasteiger partial charge is 0.219 e. The number of carbonyl (C=O) groups is 1. The van der Waals surface area contributed by atoms with Gasteiger partial charge in [-0.05, 0) is 12.3 Å². The van der Waals surface area contributed by atoms with Gasteiger partial charge in [0.05, 0.1) is 0 Å². The zero-order valence-electron chi connectivity index (χ0n) is 7.21. The summed E-state index contributed by atoms with van der Waals surface area (Å²) < 4.78 is 0. The molecule has 2 N–H and O–H groups in total. The normalized spacial score (nSPS) is 32.1. The van der Waals surface area contributed by atoms with Crippen molar-refractivity contribution >= 4 is 5.91 Å². The van der Waals surface area contributed by atoms with E-state index < -0.39 is 0 Å². The topological polar surface area (TPSA) is 46.3 Å². The van der Waals surface area contributed by atoms with Gasteiger partial charge in [0, 0.05) is 26.1 Å². The van der Waals surface area contributed by atoms with Crippen LogP contribution in [0.1, 0.15) is 20.3 Å². The van der Waals surface area contributed by atoms with Gasteiger partial charge >= 0.3 is 0 Å². The molecule has 64 valence electrons. The van der Waals surface area contributed by atoms with Crippen molar-refractivity contribution in [2.75, 3.05) is 13.1 Å². The molecule has 1 heterocycles. The maximum Gasteiger partial charge on any atom is 0.219 e. The van der Waals surface area contributed by atoms with E-state index in [-0.39, 0.29) is 11.9 Å². The Labute approximate surface area is 67.5 Å². The molecular weight excluding hydrogens is 140 g/mol. The summed E-state index contributed by atoms with van der Waals surface area (Å²) in [5.41, 5.74) is 5.76. The van der Waals surface area contributed by atoms with Crippen LogP contribution in [0.3, 0.4) is 0 Å². The molecule has 1 aliphatic rings. The van der Waals surface area contributed by atoms with Crippen molar-refractivity contribution in [1.29, 1.82) is 0 Å². The van der Waals surface area contributed by atoms with E-state index in [1.54, 1.807) is 6.92 Å². The van der Waals surface area contributed by atoms with Gasteiger partial charge in [-0.1, -0.05) is 6.92 Å². The van der Waals surface area contributed by atoms with E-state index in [1.807, 2.05) is 4.90 Å². The molecule has 1 aliphatic heterocycles. The lowest BCUT2D eigenvalue weighted by molar-refractivity contribution is -0.130. The van der Waals surface area contributed by atoms with Gasteiger partial charge < -0.3 is 10.6 Å². The first-order valence-corrected chi connectivity index (χ1v) is 4.10. The van der Waals surface area contributed by atoms with Gasteiger partial charge in [-0.25, -0.2) is 0 Å². The monoisotopic (exact) mass is 156 g/mol. The molecule has 3 nitrogen and oxygen atoms in total. The number of hydrogen-bond donors (Lipinski definition) is 1. The minimum atomic E-state index is 0.145. The van der Waals surface area contributed by atoms with Crippen LogP contribution in [0.25, 0.3) is 0 Å². The molecule has 3 heteroatoms. The first-order chi connectivity index (χ1) is 5.09. The molecule has 0 aromatic rings. The number of likely N-dealkylation sites (tertiary alicyclic amines) is 1. The second-order valence-electron chi connectivity index (χ2n) is 3.52. The lowest BCUT2D eigenvalue weighted by Crippen LogP contribution is -2.48. The van der Waals surface area contributed by atoms with Crippen LogP contribution in [-0.4, -0.2) is 29.9 Å². The predicted molar refractivity (Wildman–Crippen MR) is 44.0 cm³/mol. The molecule has 0 spiro atoms. The van der Waals surface area contributed by atoms with Gasteiger partial charge in [0.25, 0.3) is 0 Å². The Kier molecular flexibility index (Phi) is 2.49. The summed E-state index contributed by atoms with van der Waals surface area (Å²) in [4.78, 5) is 12.8. The molecule has 1 rings (SSSR count). The third-order valence-electron chi connectivity index (χ3n) is 2.14. The molecule has 0 aliphatic carbocycles. The molecular formula is C8H16N2O. The van der Waals surface area contributed by atoms with Crippen molar-refractivity contribution in [2.24, 2.45) is 11.7 Å². The van der Waals surface area contributed by atoms with E-state index in [0.717, 1.165) is 19.5 Å². The van der Waals surface area contributed by atoms with Crippen molar-refractivity contribution in [3.63, 3.8) is 0 Å². The number of carbonyl (C=O) groups excluding carboxylic acids is 1. The summed E-state index contributed by atoms with van der Waals surface area (Å²) in [6.07, 6.45) is 1.05. The van der Waals surface area contributed by atoms with Gasteiger partial charge in [-0.15, -0.1) is 0 Å². The number of amides is 1. The van der Waals surface area contributed by atoms with Crippen LogP contribution in [0.5, 0.6) is 0 Å². The molecule has 11 heavy (non-hydrogen) atoms. The number of nitrogens with two attached hydrogens (primary N) is 1. The van der Waals surface area contributed by atoms with Crippen molar-refractivity contribution in [3.8, 4) is 0 Å². The zero-order chi connectivity index (χ0) is 8.43. The molecule has 0 aromatic heterocycles. The minimum absolute atomic E-state index is 0.145. The van der Waals surface area contributed by atoms with Crippen LogP contribution in [-0.2, 0) is 4.79 Å². The summed E-state index contributed by atoms with van der Waals surface area (Å²) >= 11 is 0. The lowest BCUT2D eigenvalue weighted by atomic mass is 9.97. The second-order valence-corrected chi connectivity index (χ2v) is 3.52. The number of rotatable bonds is 0. The van der Waals surface area contributed by atoms with Crippen molar-refractivity contribution in [1.82, 2.24) is 4.90 Å². The molecule has 0 aromatic carbocycles. The summed E-state index contributed by atoms with van der Waals surface area (Å²) in [6, 6.07) is 0.183.